The molecular formula is C22H31N3O3. The van der Waals surface area contributed by atoms with Crippen molar-refractivity contribution in [2.45, 2.75) is 39.3 Å². The van der Waals surface area contributed by atoms with E-state index in [0.29, 0.717) is 6.79 Å². The Labute approximate surface area is 167 Å². The van der Waals surface area contributed by atoms with E-state index < -0.39 is 0 Å². The summed E-state index contributed by atoms with van der Waals surface area (Å²) >= 11 is 0. The predicted molar refractivity (Wildman–Crippen MR) is 112 cm³/mol. The van der Waals surface area contributed by atoms with Crippen LogP contribution in [0, 0.1) is 0 Å². The normalized spacial score (nSPS) is 16.4. The minimum atomic E-state index is 0.260. The number of aliphatic imine (C=N–C) groups is 1. The first-order valence-electron chi connectivity index (χ1n) is 9.99. The zero-order chi connectivity index (χ0) is 19.8. The molecule has 28 heavy (non-hydrogen) atoms. The smallest absolute Gasteiger partial charge is 0.231 e. The number of rotatable bonds is 10. The molecule has 1 aromatic rings. The van der Waals surface area contributed by atoms with Crippen molar-refractivity contribution in [3.05, 3.63) is 47.3 Å². The molecule has 6 nitrogen and oxygen atoms in total. The minimum absolute atomic E-state index is 0.260. The third-order valence-corrected chi connectivity index (χ3v) is 5.12. The monoisotopic (exact) mass is 385 g/mol. The van der Waals surface area contributed by atoms with Gasteiger partial charge in [-0.15, -0.1) is 0 Å². The Morgan fingerprint density at radius 1 is 1.29 bits per heavy atom. The molecule has 2 heterocycles. The molecule has 1 atom stereocenters. The number of ether oxygens (including phenoxy) is 3. The van der Waals surface area contributed by atoms with E-state index in [0.717, 1.165) is 61.9 Å². The average Bonchev–Trinajstić information content (AvgIpc) is 3.09. The Balaban J connectivity index is 1.50. The van der Waals surface area contributed by atoms with Crippen LogP contribution in [0.25, 0.3) is 0 Å². The Kier molecular flexibility index (Phi) is 7.51. The van der Waals surface area contributed by atoms with Crippen LogP contribution in [-0.4, -0.2) is 50.8 Å². The third kappa shape index (κ3) is 5.36. The minimum Gasteiger partial charge on any atom is -0.454 e. The number of methoxy groups -OCH3 is 1. The van der Waals surface area contributed by atoms with E-state index in [1.165, 1.54) is 5.57 Å². The summed E-state index contributed by atoms with van der Waals surface area (Å²) in [6.45, 7) is 8.01. The van der Waals surface area contributed by atoms with Crippen molar-refractivity contribution in [1.29, 1.82) is 0 Å². The first kappa shape index (κ1) is 20.4. The molecule has 0 saturated carbocycles. The highest BCUT2D eigenvalue weighted by Crippen LogP contribution is 2.35. The predicted octanol–water partition coefficient (Wildman–Crippen LogP) is 3.49. The van der Waals surface area contributed by atoms with Crippen molar-refractivity contribution in [2.75, 3.05) is 33.5 Å². The van der Waals surface area contributed by atoms with Crippen molar-refractivity contribution >= 4 is 6.21 Å². The molecule has 1 N–H and O–H groups in total. The van der Waals surface area contributed by atoms with Crippen molar-refractivity contribution < 1.29 is 14.2 Å². The second-order valence-electron chi connectivity index (χ2n) is 7.04. The summed E-state index contributed by atoms with van der Waals surface area (Å²) < 4.78 is 16.4. The van der Waals surface area contributed by atoms with Gasteiger partial charge in [0, 0.05) is 45.1 Å². The number of hydrogen-bond acceptors (Lipinski definition) is 6. The van der Waals surface area contributed by atoms with E-state index in [1.54, 1.807) is 7.11 Å². The summed E-state index contributed by atoms with van der Waals surface area (Å²) in [6.07, 6.45) is 8.38. The Bertz CT molecular complexity index is 743. The maximum Gasteiger partial charge on any atom is 0.231 e. The second-order valence-corrected chi connectivity index (χ2v) is 7.04. The van der Waals surface area contributed by atoms with Crippen LogP contribution in [-0.2, 0) is 11.3 Å². The van der Waals surface area contributed by atoms with Gasteiger partial charge in [0.25, 0.3) is 0 Å². The van der Waals surface area contributed by atoms with Gasteiger partial charge in [-0.05, 0) is 44.9 Å². The van der Waals surface area contributed by atoms with Crippen molar-refractivity contribution in [1.82, 2.24) is 10.2 Å². The SMILES string of the molecule is CCN(CCC(C)OC)C1=CCC(CNCc2cccc3c2OCO3)=CC=N1. The van der Waals surface area contributed by atoms with Crippen LogP contribution in [0.2, 0.25) is 0 Å². The molecule has 0 bridgehead atoms. The van der Waals surface area contributed by atoms with E-state index in [1.807, 2.05) is 18.3 Å². The lowest BCUT2D eigenvalue weighted by atomic mass is 10.1. The fourth-order valence-electron chi connectivity index (χ4n) is 3.28. The molecule has 152 valence electrons. The summed E-state index contributed by atoms with van der Waals surface area (Å²) in [5.74, 6) is 2.73. The number of nitrogens with zero attached hydrogens (tertiary/aromatic N) is 2. The van der Waals surface area contributed by atoms with Gasteiger partial charge in [0.1, 0.15) is 5.82 Å². The van der Waals surface area contributed by atoms with Gasteiger partial charge < -0.3 is 24.4 Å². The number of fused-ring (bicyclic) bond motifs is 1. The molecule has 6 heteroatoms. The lowest BCUT2D eigenvalue weighted by molar-refractivity contribution is 0.102. The largest absolute Gasteiger partial charge is 0.454 e. The van der Waals surface area contributed by atoms with Crippen molar-refractivity contribution in [3.63, 3.8) is 0 Å². The quantitative estimate of drug-likeness (QED) is 0.668. The Hall–Kier alpha value is -2.31. The van der Waals surface area contributed by atoms with Gasteiger partial charge in [-0.1, -0.05) is 17.7 Å². The zero-order valence-electron chi connectivity index (χ0n) is 17.1. The lowest BCUT2D eigenvalue weighted by Gasteiger charge is -2.24. The highest BCUT2D eigenvalue weighted by Gasteiger charge is 2.16. The van der Waals surface area contributed by atoms with Crippen LogP contribution in [0.5, 0.6) is 11.5 Å². The number of hydrogen-bond donors (Lipinski definition) is 1. The standard InChI is InChI=1S/C22H31N3O3/c1-4-25(13-11-17(2)26-3)21-9-8-18(10-12-24-21)14-23-15-19-6-5-7-20-22(19)28-16-27-20/h5-7,9-10,12,17,23H,4,8,11,13-16H2,1-3H3. The number of nitrogens with one attached hydrogen (secondary N) is 1. The van der Waals surface area contributed by atoms with Gasteiger partial charge in [-0.25, -0.2) is 4.99 Å². The molecular weight excluding hydrogens is 354 g/mol. The maximum absolute atomic E-state index is 5.57. The molecule has 0 amide bonds. The summed E-state index contributed by atoms with van der Waals surface area (Å²) in [6, 6.07) is 6.01. The molecule has 0 saturated heterocycles. The number of benzene rings is 1. The molecule has 0 radical (unpaired) electrons. The fourth-order valence-corrected chi connectivity index (χ4v) is 3.28. The number of para-hydroxylation sites is 1. The van der Waals surface area contributed by atoms with E-state index in [9.17, 15) is 0 Å². The van der Waals surface area contributed by atoms with Gasteiger partial charge >= 0.3 is 0 Å². The van der Waals surface area contributed by atoms with E-state index in [-0.39, 0.29) is 6.10 Å². The van der Waals surface area contributed by atoms with Crippen molar-refractivity contribution in [3.8, 4) is 11.5 Å². The van der Waals surface area contributed by atoms with Gasteiger partial charge in [-0.3, -0.25) is 0 Å². The highest BCUT2D eigenvalue weighted by molar-refractivity contribution is 5.74. The highest BCUT2D eigenvalue weighted by atomic mass is 16.7. The summed E-state index contributed by atoms with van der Waals surface area (Å²) in [7, 11) is 1.76. The molecule has 3 rings (SSSR count). The van der Waals surface area contributed by atoms with E-state index >= 15 is 0 Å². The Morgan fingerprint density at radius 2 is 2.18 bits per heavy atom. The van der Waals surface area contributed by atoms with E-state index in [4.69, 9.17) is 14.2 Å². The van der Waals surface area contributed by atoms with E-state index in [2.05, 4.69) is 47.3 Å². The van der Waals surface area contributed by atoms with Gasteiger partial charge in [0.05, 0.1) is 6.10 Å². The van der Waals surface area contributed by atoms with Gasteiger partial charge in [0.15, 0.2) is 11.5 Å². The Morgan fingerprint density at radius 3 is 3.00 bits per heavy atom. The van der Waals surface area contributed by atoms with Crippen LogP contribution >= 0.6 is 0 Å². The third-order valence-electron chi connectivity index (χ3n) is 5.12. The molecule has 1 unspecified atom stereocenters. The zero-order valence-corrected chi connectivity index (χ0v) is 17.1. The van der Waals surface area contributed by atoms with Gasteiger partial charge in [-0.2, -0.15) is 0 Å². The molecule has 0 fully saturated rings. The summed E-state index contributed by atoms with van der Waals surface area (Å²) in [5, 5.41) is 3.51. The first-order chi connectivity index (χ1) is 13.7. The second kappa shape index (κ2) is 10.3. The fraction of sp³-hybridized carbons (Fsp3) is 0.500. The molecule has 0 aliphatic carbocycles. The van der Waals surface area contributed by atoms with Gasteiger partial charge in [0.2, 0.25) is 6.79 Å². The molecule has 1 aromatic carbocycles. The summed E-state index contributed by atoms with van der Waals surface area (Å²) in [5.41, 5.74) is 2.43. The van der Waals surface area contributed by atoms with Crippen LogP contribution in [0.15, 0.2) is 46.7 Å². The topological polar surface area (TPSA) is 55.3 Å². The molecule has 2 aliphatic rings. The average molecular weight is 386 g/mol. The maximum atomic E-state index is 5.57. The van der Waals surface area contributed by atoms with Crippen LogP contribution in [0.1, 0.15) is 32.3 Å². The van der Waals surface area contributed by atoms with Crippen LogP contribution in [0.4, 0.5) is 0 Å². The van der Waals surface area contributed by atoms with Crippen LogP contribution in [0.3, 0.4) is 0 Å². The molecule has 2 aliphatic heterocycles. The first-order valence-corrected chi connectivity index (χ1v) is 9.99. The van der Waals surface area contributed by atoms with Crippen molar-refractivity contribution in [2.24, 2.45) is 4.99 Å². The molecule has 0 aromatic heterocycles. The number of allylic oxidation sites excluding steroid dienone is 2. The molecule has 0 spiro atoms. The van der Waals surface area contributed by atoms with Crippen LogP contribution < -0.4 is 14.8 Å². The lowest BCUT2D eigenvalue weighted by Crippen LogP contribution is -2.26. The summed E-state index contributed by atoms with van der Waals surface area (Å²) in [4.78, 5) is 6.95.